The summed E-state index contributed by atoms with van der Waals surface area (Å²) in [6, 6.07) is 3.63. The summed E-state index contributed by atoms with van der Waals surface area (Å²) in [5.74, 6) is -1.81. The van der Waals surface area contributed by atoms with Crippen molar-refractivity contribution in [2.45, 2.75) is 6.42 Å². The molecule has 0 aliphatic rings. The van der Waals surface area contributed by atoms with Gasteiger partial charge in [0.05, 0.1) is 23.7 Å². The van der Waals surface area contributed by atoms with Crippen molar-refractivity contribution in [1.82, 2.24) is 5.32 Å². The summed E-state index contributed by atoms with van der Waals surface area (Å²) in [6.45, 7) is 0.154. The van der Waals surface area contributed by atoms with Gasteiger partial charge in [-0.2, -0.15) is 0 Å². The third-order valence-electron chi connectivity index (χ3n) is 2.01. The van der Waals surface area contributed by atoms with Crippen molar-refractivity contribution >= 4 is 29.2 Å². The maximum Gasteiger partial charge on any atom is 0.304 e. The Labute approximate surface area is 108 Å². The number of carbonyl (C=O) groups excluding carboxylic acids is 1. The summed E-state index contributed by atoms with van der Waals surface area (Å²) in [5, 5.41) is 13.6. The number of halogens is 2. The van der Waals surface area contributed by atoms with Gasteiger partial charge in [0.2, 0.25) is 5.91 Å². The molecule has 5 nitrogen and oxygen atoms in total. The number of amides is 1. The molecule has 0 aliphatic carbocycles. The molecule has 0 saturated carbocycles. The number of carboxylic acid groups (broad SMARTS) is 1. The second-order valence-corrected chi connectivity index (χ2v) is 3.90. The molecule has 1 aromatic rings. The van der Waals surface area contributed by atoms with Crippen LogP contribution < -0.4 is 10.6 Å². The van der Waals surface area contributed by atoms with E-state index in [4.69, 9.17) is 16.7 Å². The lowest BCUT2D eigenvalue weighted by Crippen LogP contribution is -2.29. The fourth-order valence-corrected chi connectivity index (χ4v) is 1.40. The number of nitrogens with one attached hydrogen (secondary N) is 2. The van der Waals surface area contributed by atoms with E-state index < -0.39 is 11.8 Å². The van der Waals surface area contributed by atoms with Crippen molar-refractivity contribution in [2.24, 2.45) is 0 Å². The molecule has 0 fully saturated rings. The summed E-state index contributed by atoms with van der Waals surface area (Å²) < 4.78 is 12.7. The smallest absolute Gasteiger partial charge is 0.304 e. The SMILES string of the molecule is O=C(O)CCNCC(=O)Nc1ccc(F)cc1Cl. The quantitative estimate of drug-likeness (QED) is 0.687. The topological polar surface area (TPSA) is 78.4 Å². The van der Waals surface area contributed by atoms with Crippen molar-refractivity contribution in [1.29, 1.82) is 0 Å². The summed E-state index contributed by atoms with van der Waals surface area (Å²) >= 11 is 5.72. The molecule has 1 rings (SSSR count). The zero-order valence-corrected chi connectivity index (χ0v) is 10.1. The summed E-state index contributed by atoms with van der Waals surface area (Å²) in [4.78, 5) is 21.6. The maximum absolute atomic E-state index is 12.7. The van der Waals surface area contributed by atoms with Crippen molar-refractivity contribution in [3.8, 4) is 0 Å². The normalized spacial score (nSPS) is 10.1. The predicted octanol–water partition coefficient (Wildman–Crippen LogP) is 1.48. The fraction of sp³-hybridized carbons (Fsp3) is 0.273. The van der Waals surface area contributed by atoms with Gasteiger partial charge in [-0.1, -0.05) is 11.6 Å². The minimum absolute atomic E-state index is 0.0407. The lowest BCUT2D eigenvalue weighted by Gasteiger charge is -2.07. The molecule has 0 spiro atoms. The number of aliphatic carboxylic acids is 1. The molecule has 1 aromatic carbocycles. The van der Waals surface area contributed by atoms with Crippen molar-refractivity contribution in [3.63, 3.8) is 0 Å². The van der Waals surface area contributed by atoms with Gasteiger partial charge in [0.1, 0.15) is 5.82 Å². The lowest BCUT2D eigenvalue weighted by atomic mass is 10.3. The van der Waals surface area contributed by atoms with Crippen LogP contribution in [0, 0.1) is 5.82 Å². The maximum atomic E-state index is 12.7. The Kier molecular flexibility index (Phi) is 5.54. The Bertz CT molecular complexity index is 454. The number of anilines is 1. The first-order chi connectivity index (χ1) is 8.49. The molecule has 98 valence electrons. The second kappa shape index (κ2) is 6.93. The molecule has 1 amide bonds. The molecular weight excluding hydrogens is 263 g/mol. The van der Waals surface area contributed by atoms with Gasteiger partial charge in [-0.15, -0.1) is 0 Å². The molecule has 0 bridgehead atoms. The predicted molar refractivity (Wildman–Crippen MR) is 65.2 cm³/mol. The molecule has 0 atom stereocenters. The molecule has 0 aliphatic heterocycles. The van der Waals surface area contributed by atoms with Crippen molar-refractivity contribution in [3.05, 3.63) is 29.0 Å². The van der Waals surface area contributed by atoms with Crippen molar-refractivity contribution < 1.29 is 19.1 Å². The van der Waals surface area contributed by atoms with E-state index in [0.717, 1.165) is 6.07 Å². The highest BCUT2D eigenvalue weighted by Crippen LogP contribution is 2.21. The Balaban J connectivity index is 2.38. The number of rotatable bonds is 6. The van der Waals surface area contributed by atoms with Crippen LogP contribution in [-0.4, -0.2) is 30.1 Å². The van der Waals surface area contributed by atoms with Crippen LogP contribution in [0.15, 0.2) is 18.2 Å². The molecule has 0 unspecified atom stereocenters. The minimum atomic E-state index is -0.940. The van der Waals surface area contributed by atoms with Gasteiger partial charge in [-0.25, -0.2) is 4.39 Å². The van der Waals surface area contributed by atoms with E-state index in [0.29, 0.717) is 5.69 Å². The Hall–Kier alpha value is -1.66. The lowest BCUT2D eigenvalue weighted by molar-refractivity contribution is -0.137. The monoisotopic (exact) mass is 274 g/mol. The summed E-state index contributed by atoms with van der Waals surface area (Å²) in [5.41, 5.74) is 0.308. The van der Waals surface area contributed by atoms with Gasteiger partial charge in [0.25, 0.3) is 0 Å². The number of hydrogen-bond acceptors (Lipinski definition) is 3. The first-order valence-electron chi connectivity index (χ1n) is 5.16. The summed E-state index contributed by atoms with van der Waals surface area (Å²) in [7, 11) is 0. The van der Waals surface area contributed by atoms with E-state index in [1.807, 2.05) is 0 Å². The Morgan fingerprint density at radius 1 is 1.39 bits per heavy atom. The largest absolute Gasteiger partial charge is 0.481 e. The molecule has 3 N–H and O–H groups in total. The van der Waals surface area contributed by atoms with Crippen LogP contribution in [0.5, 0.6) is 0 Å². The van der Waals surface area contributed by atoms with Gasteiger partial charge in [-0.05, 0) is 18.2 Å². The van der Waals surface area contributed by atoms with E-state index in [2.05, 4.69) is 10.6 Å². The van der Waals surface area contributed by atoms with E-state index in [1.54, 1.807) is 0 Å². The van der Waals surface area contributed by atoms with E-state index in [1.165, 1.54) is 12.1 Å². The van der Waals surface area contributed by atoms with E-state index >= 15 is 0 Å². The van der Waals surface area contributed by atoms with E-state index in [9.17, 15) is 14.0 Å². The van der Waals surface area contributed by atoms with Gasteiger partial charge >= 0.3 is 5.97 Å². The number of carboxylic acids is 1. The third-order valence-corrected chi connectivity index (χ3v) is 2.32. The molecular formula is C11H12ClFN2O3. The summed E-state index contributed by atoms with van der Waals surface area (Å²) in [6.07, 6.45) is -0.0649. The Morgan fingerprint density at radius 2 is 2.11 bits per heavy atom. The molecule has 18 heavy (non-hydrogen) atoms. The van der Waals surface area contributed by atoms with Gasteiger partial charge in [0, 0.05) is 6.54 Å². The van der Waals surface area contributed by atoms with Crippen LogP contribution in [0.1, 0.15) is 6.42 Å². The highest BCUT2D eigenvalue weighted by atomic mass is 35.5. The number of hydrogen-bond donors (Lipinski definition) is 3. The molecule has 0 heterocycles. The number of carbonyl (C=O) groups is 2. The Morgan fingerprint density at radius 3 is 2.72 bits per heavy atom. The molecule has 0 radical (unpaired) electrons. The first-order valence-corrected chi connectivity index (χ1v) is 5.54. The van der Waals surface area contributed by atoms with Gasteiger partial charge < -0.3 is 15.7 Å². The first kappa shape index (κ1) is 14.4. The number of benzene rings is 1. The average molecular weight is 275 g/mol. The van der Waals surface area contributed by atoms with Crippen LogP contribution in [0.2, 0.25) is 5.02 Å². The van der Waals surface area contributed by atoms with Crippen molar-refractivity contribution in [2.75, 3.05) is 18.4 Å². The highest BCUT2D eigenvalue weighted by molar-refractivity contribution is 6.33. The fourth-order valence-electron chi connectivity index (χ4n) is 1.18. The second-order valence-electron chi connectivity index (χ2n) is 3.49. The molecule has 0 saturated heterocycles. The van der Waals surface area contributed by atoms with Crippen LogP contribution in [0.3, 0.4) is 0 Å². The highest BCUT2D eigenvalue weighted by Gasteiger charge is 2.06. The third kappa shape index (κ3) is 5.11. The minimum Gasteiger partial charge on any atom is -0.481 e. The zero-order chi connectivity index (χ0) is 13.5. The van der Waals surface area contributed by atoms with Crippen LogP contribution >= 0.6 is 11.6 Å². The molecule has 0 aromatic heterocycles. The van der Waals surface area contributed by atoms with E-state index in [-0.39, 0.29) is 30.4 Å². The van der Waals surface area contributed by atoms with Gasteiger partial charge in [-0.3, -0.25) is 9.59 Å². The average Bonchev–Trinajstić information content (AvgIpc) is 2.28. The zero-order valence-electron chi connectivity index (χ0n) is 9.37. The van der Waals surface area contributed by atoms with Crippen LogP contribution in [0.4, 0.5) is 10.1 Å². The van der Waals surface area contributed by atoms with Crippen LogP contribution in [-0.2, 0) is 9.59 Å². The van der Waals surface area contributed by atoms with Crippen LogP contribution in [0.25, 0.3) is 0 Å². The standard InChI is InChI=1S/C11H12ClFN2O3/c12-8-5-7(13)1-2-9(8)15-10(16)6-14-4-3-11(17)18/h1-2,5,14H,3-4,6H2,(H,15,16)(H,17,18). The van der Waals surface area contributed by atoms with Gasteiger partial charge in [0.15, 0.2) is 0 Å². The molecule has 7 heteroatoms.